The van der Waals surface area contributed by atoms with Crippen molar-refractivity contribution in [3.63, 3.8) is 0 Å². The van der Waals surface area contributed by atoms with Gasteiger partial charge in [-0.15, -0.1) is 0 Å². The van der Waals surface area contributed by atoms with Gasteiger partial charge >= 0.3 is 0 Å². The van der Waals surface area contributed by atoms with Crippen molar-refractivity contribution in [3.8, 4) is 5.75 Å². The summed E-state index contributed by atoms with van der Waals surface area (Å²) in [7, 11) is 1.73. The first-order valence-electron chi connectivity index (χ1n) is 7.74. The minimum atomic E-state index is 0.204. The number of benzene rings is 1. The molecular weight excluding hydrogens is 250 g/mol. The van der Waals surface area contributed by atoms with E-state index in [1.807, 2.05) is 6.07 Å². The molecule has 3 nitrogen and oxygen atoms in total. The van der Waals surface area contributed by atoms with Gasteiger partial charge in [-0.2, -0.15) is 0 Å². The van der Waals surface area contributed by atoms with Crippen molar-refractivity contribution in [2.45, 2.75) is 51.7 Å². The second-order valence-corrected chi connectivity index (χ2v) is 5.60. The second kappa shape index (κ2) is 7.65. The number of methoxy groups -OCH3 is 1. The molecule has 1 aliphatic carbocycles. The summed E-state index contributed by atoms with van der Waals surface area (Å²) in [5.74, 6) is 0.941. The molecule has 0 aromatic heterocycles. The molecule has 20 heavy (non-hydrogen) atoms. The summed E-state index contributed by atoms with van der Waals surface area (Å²) in [6, 6.07) is 6.54. The van der Waals surface area contributed by atoms with Gasteiger partial charge in [0.15, 0.2) is 0 Å². The number of hydrogen-bond acceptors (Lipinski definition) is 3. The molecule has 0 bridgehead atoms. The van der Waals surface area contributed by atoms with Crippen molar-refractivity contribution in [1.82, 2.24) is 5.32 Å². The first kappa shape index (κ1) is 15.3. The minimum absolute atomic E-state index is 0.204. The molecule has 112 valence electrons. The molecule has 0 radical (unpaired) electrons. The lowest BCUT2D eigenvalue weighted by atomic mass is 10.0. The van der Waals surface area contributed by atoms with Crippen LogP contribution in [0.3, 0.4) is 0 Å². The highest BCUT2D eigenvalue weighted by Crippen LogP contribution is 2.28. The molecule has 0 aliphatic heterocycles. The molecule has 0 heterocycles. The maximum Gasteiger partial charge on any atom is 0.123 e. The average Bonchev–Trinajstić information content (AvgIpc) is 2.96. The fourth-order valence-corrected chi connectivity index (χ4v) is 2.92. The van der Waals surface area contributed by atoms with E-state index in [0.717, 1.165) is 18.9 Å². The summed E-state index contributed by atoms with van der Waals surface area (Å²) in [5.41, 5.74) is 2.46. The van der Waals surface area contributed by atoms with E-state index in [9.17, 15) is 0 Å². The van der Waals surface area contributed by atoms with Gasteiger partial charge in [-0.25, -0.2) is 0 Å². The van der Waals surface area contributed by atoms with Crippen molar-refractivity contribution >= 4 is 0 Å². The molecule has 1 aromatic carbocycles. The van der Waals surface area contributed by atoms with Crippen molar-refractivity contribution in [2.24, 2.45) is 0 Å². The fourth-order valence-electron chi connectivity index (χ4n) is 2.92. The van der Waals surface area contributed by atoms with E-state index in [2.05, 4.69) is 31.3 Å². The van der Waals surface area contributed by atoms with Gasteiger partial charge in [0.1, 0.15) is 5.75 Å². The van der Waals surface area contributed by atoms with Crippen molar-refractivity contribution in [1.29, 1.82) is 0 Å². The Morgan fingerprint density at radius 1 is 1.30 bits per heavy atom. The molecule has 1 aliphatic rings. The number of nitrogens with one attached hydrogen (secondary N) is 1. The zero-order valence-corrected chi connectivity index (χ0v) is 12.9. The molecule has 1 atom stereocenters. The summed E-state index contributed by atoms with van der Waals surface area (Å²) in [5, 5.41) is 3.52. The van der Waals surface area contributed by atoms with Crippen LogP contribution in [0, 0.1) is 6.92 Å². The minimum Gasteiger partial charge on any atom is -0.496 e. The first-order chi connectivity index (χ1) is 9.74. The molecule has 3 heteroatoms. The lowest BCUT2D eigenvalue weighted by Crippen LogP contribution is -2.27. The summed E-state index contributed by atoms with van der Waals surface area (Å²) >= 11 is 0. The maximum atomic E-state index is 6.09. The van der Waals surface area contributed by atoms with Crippen LogP contribution in [-0.4, -0.2) is 26.4 Å². The molecule has 1 N–H and O–H groups in total. The van der Waals surface area contributed by atoms with Crippen LogP contribution in [0.2, 0.25) is 0 Å². The highest BCUT2D eigenvalue weighted by molar-refractivity contribution is 5.39. The number of aryl methyl sites for hydroxylation is 1. The fraction of sp³-hybridized carbons (Fsp3) is 0.647. The van der Waals surface area contributed by atoms with E-state index in [-0.39, 0.29) is 6.04 Å². The highest BCUT2D eigenvalue weighted by Gasteiger charge is 2.20. The van der Waals surface area contributed by atoms with Crippen LogP contribution in [0.4, 0.5) is 0 Å². The van der Waals surface area contributed by atoms with Gasteiger partial charge in [0.05, 0.1) is 25.9 Å². The normalized spacial score (nSPS) is 17.4. The largest absolute Gasteiger partial charge is 0.496 e. The molecule has 2 rings (SSSR count). The van der Waals surface area contributed by atoms with Gasteiger partial charge in [0.2, 0.25) is 0 Å². The maximum absolute atomic E-state index is 6.09. The number of rotatable bonds is 7. The predicted molar refractivity (Wildman–Crippen MR) is 82.4 cm³/mol. The van der Waals surface area contributed by atoms with Gasteiger partial charge < -0.3 is 14.8 Å². The van der Waals surface area contributed by atoms with Crippen LogP contribution in [-0.2, 0) is 4.74 Å². The zero-order chi connectivity index (χ0) is 14.4. The molecule has 0 saturated heterocycles. The lowest BCUT2D eigenvalue weighted by molar-refractivity contribution is 0.0424. The Morgan fingerprint density at radius 2 is 2.05 bits per heavy atom. The third-order valence-electron chi connectivity index (χ3n) is 4.01. The average molecular weight is 277 g/mol. The van der Waals surface area contributed by atoms with Gasteiger partial charge in [-0.3, -0.25) is 0 Å². The standard InChI is InChI=1S/C17H27NO2/c1-4-18-16(12-20-14-7-5-6-8-14)15-11-13(2)9-10-17(15)19-3/h9-11,14,16,18H,4-8,12H2,1-3H3. The van der Waals surface area contributed by atoms with E-state index in [1.165, 1.54) is 36.8 Å². The zero-order valence-electron chi connectivity index (χ0n) is 12.9. The van der Waals surface area contributed by atoms with Gasteiger partial charge in [-0.1, -0.05) is 37.5 Å². The van der Waals surface area contributed by atoms with Gasteiger partial charge in [-0.05, 0) is 32.4 Å². The Balaban J connectivity index is 2.07. The Kier molecular flexibility index (Phi) is 5.86. The molecule has 1 aromatic rings. The SMILES string of the molecule is CCNC(COC1CCCC1)c1cc(C)ccc1OC. The monoisotopic (exact) mass is 277 g/mol. The Labute approximate surface area is 122 Å². The summed E-state index contributed by atoms with van der Waals surface area (Å²) in [6.45, 7) is 5.89. The number of hydrogen-bond donors (Lipinski definition) is 1. The summed E-state index contributed by atoms with van der Waals surface area (Å²) in [6.07, 6.45) is 5.49. The summed E-state index contributed by atoms with van der Waals surface area (Å²) < 4.78 is 11.6. The third-order valence-corrected chi connectivity index (χ3v) is 4.01. The topological polar surface area (TPSA) is 30.5 Å². The molecule has 1 fully saturated rings. The van der Waals surface area contributed by atoms with Crippen LogP contribution in [0.5, 0.6) is 5.75 Å². The number of likely N-dealkylation sites (N-methyl/N-ethyl adjacent to an activating group) is 1. The molecule has 1 saturated carbocycles. The Hall–Kier alpha value is -1.06. The van der Waals surface area contributed by atoms with E-state index in [4.69, 9.17) is 9.47 Å². The van der Waals surface area contributed by atoms with E-state index < -0.39 is 0 Å². The van der Waals surface area contributed by atoms with Crippen LogP contribution in [0.1, 0.15) is 49.8 Å². The van der Waals surface area contributed by atoms with Crippen molar-refractivity contribution < 1.29 is 9.47 Å². The molecule has 0 amide bonds. The molecule has 0 spiro atoms. The Bertz CT molecular complexity index is 413. The van der Waals surface area contributed by atoms with Crippen LogP contribution in [0.15, 0.2) is 18.2 Å². The van der Waals surface area contributed by atoms with Crippen LogP contribution < -0.4 is 10.1 Å². The van der Waals surface area contributed by atoms with E-state index in [1.54, 1.807) is 7.11 Å². The quantitative estimate of drug-likeness (QED) is 0.826. The second-order valence-electron chi connectivity index (χ2n) is 5.60. The summed E-state index contributed by atoms with van der Waals surface area (Å²) in [4.78, 5) is 0. The lowest BCUT2D eigenvalue weighted by Gasteiger charge is -2.23. The van der Waals surface area contributed by atoms with Gasteiger partial charge in [0.25, 0.3) is 0 Å². The predicted octanol–water partition coefficient (Wildman–Crippen LogP) is 3.61. The molecular formula is C17H27NO2. The van der Waals surface area contributed by atoms with Crippen LogP contribution >= 0.6 is 0 Å². The molecule has 1 unspecified atom stereocenters. The third kappa shape index (κ3) is 3.97. The van der Waals surface area contributed by atoms with E-state index in [0.29, 0.717) is 6.10 Å². The van der Waals surface area contributed by atoms with Crippen molar-refractivity contribution in [3.05, 3.63) is 29.3 Å². The highest BCUT2D eigenvalue weighted by atomic mass is 16.5. The first-order valence-corrected chi connectivity index (χ1v) is 7.74. The number of ether oxygens (including phenoxy) is 2. The van der Waals surface area contributed by atoms with E-state index >= 15 is 0 Å². The van der Waals surface area contributed by atoms with Crippen molar-refractivity contribution in [2.75, 3.05) is 20.3 Å². The van der Waals surface area contributed by atoms with Crippen LogP contribution in [0.25, 0.3) is 0 Å². The van der Waals surface area contributed by atoms with Gasteiger partial charge in [0, 0.05) is 5.56 Å². The smallest absolute Gasteiger partial charge is 0.123 e. The Morgan fingerprint density at radius 3 is 2.70 bits per heavy atom.